The fourth-order valence-corrected chi connectivity index (χ4v) is 2.96. The van der Waals surface area contributed by atoms with Crippen LogP contribution in [0.4, 0.5) is 0 Å². The minimum Gasteiger partial charge on any atom is -0.351 e. The van der Waals surface area contributed by atoms with Crippen LogP contribution in [0.5, 0.6) is 0 Å². The summed E-state index contributed by atoms with van der Waals surface area (Å²) in [5, 5.41) is 2.65. The Labute approximate surface area is 136 Å². The summed E-state index contributed by atoms with van der Waals surface area (Å²) in [4.78, 5) is 15.8. The average molecular weight is 333 g/mol. The minimum absolute atomic E-state index is 0.155. The number of amides is 1. The zero-order chi connectivity index (χ0) is 16.9. The van der Waals surface area contributed by atoms with E-state index in [1.807, 2.05) is 13.8 Å². The van der Waals surface area contributed by atoms with Crippen LogP contribution >= 0.6 is 0 Å². The van der Waals surface area contributed by atoms with Crippen LogP contribution in [0.2, 0.25) is 0 Å². The number of benzene rings is 1. The van der Waals surface area contributed by atoms with Gasteiger partial charge in [-0.15, -0.1) is 0 Å². The first-order valence-electron chi connectivity index (χ1n) is 7.11. The van der Waals surface area contributed by atoms with Gasteiger partial charge in [0.25, 0.3) is 0 Å². The number of aromatic nitrogens is 1. The molecule has 0 aliphatic heterocycles. The van der Waals surface area contributed by atoms with E-state index in [1.54, 1.807) is 36.7 Å². The van der Waals surface area contributed by atoms with Crippen molar-refractivity contribution >= 4 is 15.9 Å². The number of nitrogens with zero attached hydrogens (tertiary/aromatic N) is 1. The van der Waals surface area contributed by atoms with Crippen molar-refractivity contribution in [3.05, 3.63) is 59.4 Å². The highest BCUT2D eigenvalue weighted by Crippen LogP contribution is 2.14. The van der Waals surface area contributed by atoms with Crippen molar-refractivity contribution in [1.29, 1.82) is 0 Å². The zero-order valence-corrected chi connectivity index (χ0v) is 13.9. The lowest BCUT2D eigenvalue weighted by molar-refractivity contribution is -0.120. The fourth-order valence-electron chi connectivity index (χ4n) is 1.89. The van der Waals surface area contributed by atoms with Crippen molar-refractivity contribution in [3.8, 4) is 0 Å². The SMILES string of the molecule is Cc1ccc(S(=O)(=O)NCC(=O)NCc2ccncc2)cc1C. The number of hydrogen-bond donors (Lipinski definition) is 2. The van der Waals surface area contributed by atoms with Gasteiger partial charge in [0.05, 0.1) is 11.4 Å². The lowest BCUT2D eigenvalue weighted by atomic mass is 10.1. The van der Waals surface area contributed by atoms with E-state index < -0.39 is 15.9 Å². The summed E-state index contributed by atoms with van der Waals surface area (Å²) < 4.78 is 26.7. The van der Waals surface area contributed by atoms with E-state index in [-0.39, 0.29) is 11.4 Å². The molecule has 0 unspecified atom stereocenters. The minimum atomic E-state index is -3.70. The Morgan fingerprint density at radius 2 is 1.78 bits per heavy atom. The van der Waals surface area contributed by atoms with Gasteiger partial charge in [-0.25, -0.2) is 13.1 Å². The maximum atomic E-state index is 12.2. The summed E-state index contributed by atoms with van der Waals surface area (Å²) in [6, 6.07) is 8.42. The van der Waals surface area contributed by atoms with Gasteiger partial charge in [0, 0.05) is 18.9 Å². The van der Waals surface area contributed by atoms with E-state index in [0.29, 0.717) is 6.54 Å². The number of pyridine rings is 1. The van der Waals surface area contributed by atoms with Crippen LogP contribution in [-0.4, -0.2) is 25.9 Å². The molecule has 0 fully saturated rings. The van der Waals surface area contributed by atoms with Gasteiger partial charge in [-0.3, -0.25) is 9.78 Å². The summed E-state index contributed by atoms with van der Waals surface area (Å²) in [5.41, 5.74) is 2.79. The quantitative estimate of drug-likeness (QED) is 0.834. The summed E-state index contributed by atoms with van der Waals surface area (Å²) >= 11 is 0. The van der Waals surface area contributed by atoms with Gasteiger partial charge >= 0.3 is 0 Å². The normalized spacial score (nSPS) is 11.2. The molecule has 0 radical (unpaired) electrons. The van der Waals surface area contributed by atoms with Crippen LogP contribution in [0.3, 0.4) is 0 Å². The molecule has 1 amide bonds. The molecule has 0 aliphatic carbocycles. The van der Waals surface area contributed by atoms with E-state index in [4.69, 9.17) is 0 Å². The molecule has 2 aromatic rings. The topological polar surface area (TPSA) is 88.2 Å². The largest absolute Gasteiger partial charge is 0.351 e. The number of nitrogens with one attached hydrogen (secondary N) is 2. The van der Waals surface area contributed by atoms with Gasteiger partial charge < -0.3 is 5.32 Å². The lowest BCUT2D eigenvalue weighted by Gasteiger charge is -2.09. The van der Waals surface area contributed by atoms with Crippen LogP contribution in [0.1, 0.15) is 16.7 Å². The number of carbonyl (C=O) groups excluding carboxylic acids is 1. The van der Waals surface area contributed by atoms with Gasteiger partial charge in [0.2, 0.25) is 15.9 Å². The molecule has 7 heteroatoms. The van der Waals surface area contributed by atoms with Gasteiger partial charge in [-0.05, 0) is 54.8 Å². The number of sulfonamides is 1. The smallest absolute Gasteiger partial charge is 0.241 e. The standard InChI is InChI=1S/C16H19N3O3S/c1-12-3-4-15(9-13(12)2)23(21,22)19-11-16(20)18-10-14-5-7-17-8-6-14/h3-9,19H,10-11H2,1-2H3,(H,18,20). The van der Waals surface area contributed by atoms with E-state index in [0.717, 1.165) is 16.7 Å². The second kappa shape index (κ2) is 7.34. The third-order valence-electron chi connectivity index (χ3n) is 3.45. The fraction of sp³-hybridized carbons (Fsp3) is 0.250. The van der Waals surface area contributed by atoms with Crippen LogP contribution in [0.15, 0.2) is 47.6 Å². The third-order valence-corrected chi connectivity index (χ3v) is 4.85. The monoisotopic (exact) mass is 333 g/mol. The second-order valence-electron chi connectivity index (χ2n) is 5.20. The van der Waals surface area contributed by atoms with Gasteiger partial charge in [-0.2, -0.15) is 0 Å². The van der Waals surface area contributed by atoms with Crippen LogP contribution in [-0.2, 0) is 21.4 Å². The molecule has 6 nitrogen and oxygen atoms in total. The number of aryl methyl sites for hydroxylation is 2. The first-order chi connectivity index (χ1) is 10.9. The lowest BCUT2D eigenvalue weighted by Crippen LogP contribution is -2.36. The molecule has 0 bridgehead atoms. The van der Waals surface area contributed by atoms with E-state index in [2.05, 4.69) is 15.0 Å². The highest BCUT2D eigenvalue weighted by atomic mass is 32.2. The molecule has 0 atom stereocenters. The van der Waals surface area contributed by atoms with Crippen LogP contribution in [0.25, 0.3) is 0 Å². The molecule has 122 valence electrons. The molecular weight excluding hydrogens is 314 g/mol. The van der Waals surface area contributed by atoms with E-state index in [1.165, 1.54) is 6.07 Å². The Hall–Kier alpha value is -2.25. The van der Waals surface area contributed by atoms with E-state index >= 15 is 0 Å². The predicted octanol–water partition coefficient (Wildman–Crippen LogP) is 1.29. The van der Waals surface area contributed by atoms with Crippen molar-refractivity contribution in [1.82, 2.24) is 15.0 Å². The Balaban J connectivity index is 1.91. The van der Waals surface area contributed by atoms with Gasteiger partial charge in [0.1, 0.15) is 0 Å². The number of carbonyl (C=O) groups is 1. The zero-order valence-electron chi connectivity index (χ0n) is 13.0. The highest BCUT2D eigenvalue weighted by Gasteiger charge is 2.15. The third kappa shape index (κ3) is 4.87. The molecule has 2 rings (SSSR count). The summed E-state index contributed by atoms with van der Waals surface area (Å²) in [6.45, 7) is 3.77. The van der Waals surface area contributed by atoms with Gasteiger partial charge in [-0.1, -0.05) is 6.07 Å². The first kappa shape index (κ1) is 17.1. The Bertz CT molecular complexity index is 789. The number of hydrogen-bond acceptors (Lipinski definition) is 4. The van der Waals surface area contributed by atoms with Crippen LogP contribution in [0, 0.1) is 13.8 Å². The molecule has 0 saturated carbocycles. The summed E-state index contributed by atoms with van der Waals surface area (Å²) in [6.07, 6.45) is 3.26. The summed E-state index contributed by atoms with van der Waals surface area (Å²) in [5.74, 6) is -0.394. The molecule has 23 heavy (non-hydrogen) atoms. The molecule has 0 saturated heterocycles. The Kier molecular flexibility index (Phi) is 5.46. The van der Waals surface area contributed by atoms with Gasteiger partial charge in [0.15, 0.2) is 0 Å². The number of rotatable bonds is 6. The average Bonchev–Trinajstić information content (AvgIpc) is 2.54. The molecule has 1 heterocycles. The van der Waals surface area contributed by atoms with Crippen LogP contribution < -0.4 is 10.0 Å². The van der Waals surface area contributed by atoms with Crippen molar-refractivity contribution in [3.63, 3.8) is 0 Å². The second-order valence-corrected chi connectivity index (χ2v) is 6.97. The molecule has 1 aromatic heterocycles. The van der Waals surface area contributed by atoms with E-state index in [9.17, 15) is 13.2 Å². The van der Waals surface area contributed by atoms with Crippen molar-refractivity contribution in [2.45, 2.75) is 25.3 Å². The first-order valence-corrected chi connectivity index (χ1v) is 8.59. The van der Waals surface area contributed by atoms with Crippen molar-refractivity contribution in [2.75, 3.05) is 6.54 Å². The molecule has 0 aliphatic rings. The molecule has 1 aromatic carbocycles. The van der Waals surface area contributed by atoms with Crippen molar-refractivity contribution in [2.24, 2.45) is 0 Å². The Morgan fingerprint density at radius 1 is 1.09 bits per heavy atom. The maximum Gasteiger partial charge on any atom is 0.241 e. The summed E-state index contributed by atoms with van der Waals surface area (Å²) in [7, 11) is -3.70. The highest BCUT2D eigenvalue weighted by molar-refractivity contribution is 7.89. The molecule has 2 N–H and O–H groups in total. The van der Waals surface area contributed by atoms with Crippen molar-refractivity contribution < 1.29 is 13.2 Å². The molecular formula is C16H19N3O3S. The Morgan fingerprint density at radius 3 is 2.43 bits per heavy atom. The maximum absolute atomic E-state index is 12.2. The molecule has 0 spiro atoms. The predicted molar refractivity (Wildman–Crippen MR) is 87.2 cm³/mol.